The molecule has 1 heterocycles. The summed E-state index contributed by atoms with van der Waals surface area (Å²) in [5.74, 6) is 0. The van der Waals surface area contributed by atoms with Crippen molar-refractivity contribution in [1.29, 1.82) is 0 Å². The molecule has 0 aliphatic rings. The number of hydrogen-bond acceptors (Lipinski definition) is 3. The van der Waals surface area contributed by atoms with Crippen LogP contribution in [0.5, 0.6) is 0 Å². The van der Waals surface area contributed by atoms with Crippen molar-refractivity contribution >= 4 is 27.7 Å². The van der Waals surface area contributed by atoms with Gasteiger partial charge in [0.1, 0.15) is 0 Å². The van der Waals surface area contributed by atoms with Crippen LogP contribution < -0.4 is 5.73 Å². The molecule has 1 unspecified atom stereocenters. The number of aromatic nitrogens is 1. The first-order valence-electron chi connectivity index (χ1n) is 5.32. The number of benzene rings is 1. The lowest BCUT2D eigenvalue weighted by Gasteiger charge is -2.14. The molecule has 1 aromatic heterocycles. The first-order chi connectivity index (χ1) is 8.29. The normalized spacial score (nSPS) is 12.4. The topological polar surface area (TPSA) is 38.9 Å². The van der Waals surface area contributed by atoms with Gasteiger partial charge in [0.15, 0.2) is 0 Å². The average Bonchev–Trinajstić information content (AvgIpc) is 2.38. The van der Waals surface area contributed by atoms with Gasteiger partial charge in [-0.3, -0.25) is 4.98 Å². The number of nitrogens with two attached hydrogens (primary N) is 1. The number of rotatable bonds is 4. The fraction of sp³-hybridized carbons (Fsp3) is 0.154. The van der Waals surface area contributed by atoms with Crippen molar-refractivity contribution in [3.63, 3.8) is 0 Å². The van der Waals surface area contributed by atoms with E-state index in [-0.39, 0.29) is 5.25 Å². The third-order valence-corrected chi connectivity index (χ3v) is 4.21. The highest BCUT2D eigenvalue weighted by Crippen LogP contribution is 2.34. The molecule has 1 atom stereocenters. The molecule has 88 valence electrons. The van der Waals surface area contributed by atoms with E-state index in [0.29, 0.717) is 6.54 Å². The Hall–Kier alpha value is -0.840. The zero-order valence-corrected chi connectivity index (χ0v) is 11.6. The predicted molar refractivity (Wildman–Crippen MR) is 76.0 cm³/mol. The Labute approximate surface area is 114 Å². The zero-order valence-electron chi connectivity index (χ0n) is 9.21. The monoisotopic (exact) mass is 308 g/mol. The van der Waals surface area contributed by atoms with Gasteiger partial charge in [0.2, 0.25) is 0 Å². The van der Waals surface area contributed by atoms with E-state index in [9.17, 15) is 0 Å². The summed E-state index contributed by atoms with van der Waals surface area (Å²) in [6.45, 7) is 0.620. The van der Waals surface area contributed by atoms with Crippen molar-refractivity contribution in [3.8, 4) is 0 Å². The third-order valence-electron chi connectivity index (χ3n) is 2.38. The van der Waals surface area contributed by atoms with Crippen molar-refractivity contribution in [1.82, 2.24) is 4.98 Å². The number of pyridine rings is 1. The van der Waals surface area contributed by atoms with E-state index in [2.05, 4.69) is 33.0 Å². The number of halogens is 1. The van der Waals surface area contributed by atoms with Gasteiger partial charge in [-0.1, -0.05) is 28.1 Å². The van der Waals surface area contributed by atoms with Crippen LogP contribution in [0.1, 0.15) is 10.8 Å². The van der Waals surface area contributed by atoms with E-state index in [1.165, 1.54) is 10.5 Å². The molecule has 0 saturated carbocycles. The summed E-state index contributed by atoms with van der Waals surface area (Å²) < 4.78 is 1.09. The van der Waals surface area contributed by atoms with Crippen molar-refractivity contribution in [2.75, 3.05) is 6.54 Å². The van der Waals surface area contributed by atoms with Crippen molar-refractivity contribution in [3.05, 3.63) is 58.8 Å². The Morgan fingerprint density at radius 2 is 1.76 bits per heavy atom. The highest BCUT2D eigenvalue weighted by molar-refractivity contribution is 9.10. The molecule has 2 nitrogen and oxygen atoms in total. The molecule has 2 N–H and O–H groups in total. The number of nitrogens with zero attached hydrogens (tertiary/aromatic N) is 1. The van der Waals surface area contributed by atoms with Gasteiger partial charge in [0.25, 0.3) is 0 Å². The quantitative estimate of drug-likeness (QED) is 0.877. The van der Waals surface area contributed by atoms with Gasteiger partial charge in [0.05, 0.1) is 0 Å². The second kappa shape index (κ2) is 6.19. The maximum absolute atomic E-state index is 5.84. The third kappa shape index (κ3) is 3.56. The van der Waals surface area contributed by atoms with Crippen LogP contribution in [0.25, 0.3) is 0 Å². The van der Waals surface area contributed by atoms with Crippen molar-refractivity contribution in [2.45, 2.75) is 10.1 Å². The highest BCUT2D eigenvalue weighted by Gasteiger charge is 2.10. The van der Waals surface area contributed by atoms with Gasteiger partial charge in [0, 0.05) is 33.6 Å². The van der Waals surface area contributed by atoms with Crippen molar-refractivity contribution in [2.24, 2.45) is 5.73 Å². The molecule has 0 radical (unpaired) electrons. The fourth-order valence-electron chi connectivity index (χ4n) is 1.51. The second-order valence-corrected chi connectivity index (χ2v) is 5.77. The van der Waals surface area contributed by atoms with E-state index in [4.69, 9.17) is 5.73 Å². The summed E-state index contributed by atoms with van der Waals surface area (Å²) in [7, 11) is 0. The van der Waals surface area contributed by atoms with Crippen LogP contribution in [-0.2, 0) is 0 Å². The minimum absolute atomic E-state index is 0.283. The lowest BCUT2D eigenvalue weighted by atomic mass is 10.1. The van der Waals surface area contributed by atoms with E-state index in [0.717, 1.165) is 4.47 Å². The lowest BCUT2D eigenvalue weighted by molar-refractivity contribution is 0.940. The highest BCUT2D eigenvalue weighted by atomic mass is 79.9. The molecular formula is C13H13BrN2S. The maximum Gasteiger partial charge on any atom is 0.0466 e. The second-order valence-electron chi connectivity index (χ2n) is 3.58. The number of hydrogen-bond donors (Lipinski definition) is 1. The van der Waals surface area contributed by atoms with E-state index in [1.54, 1.807) is 24.2 Å². The molecule has 17 heavy (non-hydrogen) atoms. The first-order valence-corrected chi connectivity index (χ1v) is 6.99. The Kier molecular flexibility index (Phi) is 4.59. The zero-order chi connectivity index (χ0) is 12.1. The van der Waals surface area contributed by atoms with E-state index < -0.39 is 0 Å². The Balaban J connectivity index is 2.14. The molecule has 0 fully saturated rings. The summed E-state index contributed by atoms with van der Waals surface area (Å²) in [6.07, 6.45) is 3.61. The van der Waals surface area contributed by atoms with Gasteiger partial charge in [-0.05, 0) is 29.8 Å². The molecular weight excluding hydrogens is 296 g/mol. The first kappa shape index (κ1) is 12.6. The van der Waals surface area contributed by atoms with Crippen molar-refractivity contribution < 1.29 is 0 Å². The summed E-state index contributed by atoms with van der Waals surface area (Å²) in [6, 6.07) is 12.3. The molecule has 2 aromatic rings. The van der Waals surface area contributed by atoms with Crippen LogP contribution in [0.3, 0.4) is 0 Å². The van der Waals surface area contributed by atoms with Crippen LogP contribution in [0.2, 0.25) is 0 Å². The predicted octanol–water partition coefficient (Wildman–Crippen LogP) is 3.64. The van der Waals surface area contributed by atoms with Gasteiger partial charge < -0.3 is 5.73 Å². The Morgan fingerprint density at radius 1 is 1.12 bits per heavy atom. The molecule has 2 rings (SSSR count). The molecule has 0 aliphatic carbocycles. The van der Waals surface area contributed by atoms with Gasteiger partial charge in [-0.25, -0.2) is 0 Å². The average molecular weight is 309 g/mol. The minimum Gasteiger partial charge on any atom is -0.329 e. The standard InChI is InChI=1S/C13H13BrN2S/c14-11-3-1-10(2-4-11)13(9-15)17-12-5-7-16-8-6-12/h1-8,13H,9,15H2. The van der Waals surface area contributed by atoms with Crippen LogP contribution in [0.4, 0.5) is 0 Å². The minimum atomic E-state index is 0.283. The maximum atomic E-state index is 5.84. The van der Waals surface area contributed by atoms with Crippen LogP contribution >= 0.6 is 27.7 Å². The molecule has 0 spiro atoms. The van der Waals surface area contributed by atoms with Gasteiger partial charge in [-0.15, -0.1) is 11.8 Å². The van der Waals surface area contributed by atoms with Crippen LogP contribution in [0, 0.1) is 0 Å². The van der Waals surface area contributed by atoms with Gasteiger partial charge >= 0.3 is 0 Å². The SMILES string of the molecule is NCC(Sc1ccncc1)c1ccc(Br)cc1. The van der Waals surface area contributed by atoms with Crippen LogP contribution in [0.15, 0.2) is 58.2 Å². The van der Waals surface area contributed by atoms with Crippen LogP contribution in [-0.4, -0.2) is 11.5 Å². The summed E-state index contributed by atoms with van der Waals surface area (Å²) >= 11 is 5.20. The summed E-state index contributed by atoms with van der Waals surface area (Å²) in [5, 5.41) is 0.283. The molecule has 0 bridgehead atoms. The smallest absolute Gasteiger partial charge is 0.0466 e. The molecule has 0 saturated heterocycles. The molecule has 0 aliphatic heterocycles. The molecule has 4 heteroatoms. The number of thioether (sulfide) groups is 1. The fourth-order valence-corrected chi connectivity index (χ4v) is 2.77. The summed E-state index contributed by atoms with van der Waals surface area (Å²) in [5.41, 5.74) is 7.09. The molecule has 1 aromatic carbocycles. The van der Waals surface area contributed by atoms with Gasteiger partial charge in [-0.2, -0.15) is 0 Å². The van der Waals surface area contributed by atoms with E-state index >= 15 is 0 Å². The molecule has 0 amide bonds. The van der Waals surface area contributed by atoms with E-state index in [1.807, 2.05) is 24.3 Å². The Bertz CT molecular complexity index is 459. The largest absolute Gasteiger partial charge is 0.329 e. The summed E-state index contributed by atoms with van der Waals surface area (Å²) in [4.78, 5) is 5.20. The Morgan fingerprint density at radius 3 is 2.35 bits per heavy atom. The lowest BCUT2D eigenvalue weighted by Crippen LogP contribution is -2.09.